The summed E-state index contributed by atoms with van der Waals surface area (Å²) < 4.78 is 28.7. The predicted molar refractivity (Wildman–Crippen MR) is 78.8 cm³/mol. The van der Waals surface area contributed by atoms with Crippen LogP contribution < -0.4 is 10.5 Å². The minimum Gasteiger partial charge on any atom is -0.326 e. The number of aryl methyl sites for hydroxylation is 2. The normalized spacial score (nSPS) is 11.8. The lowest BCUT2D eigenvalue weighted by Gasteiger charge is -2.07. The Balaban J connectivity index is 2.17. The van der Waals surface area contributed by atoms with E-state index >= 15 is 0 Å². The zero-order valence-corrected chi connectivity index (χ0v) is 13.1. The lowest BCUT2D eigenvalue weighted by atomic mass is 10.2. The molecule has 114 valence electrons. The number of pyridine rings is 1. The molecule has 0 bridgehead atoms. The van der Waals surface area contributed by atoms with Gasteiger partial charge in [0.25, 0.3) is 10.0 Å². The van der Waals surface area contributed by atoms with Gasteiger partial charge in [-0.15, -0.1) is 0 Å². The fraction of sp³-hybridized carbons (Fsp3) is 0.385. The smallest absolute Gasteiger partial charge is 0.258 e. The first-order chi connectivity index (χ1) is 9.85. The van der Waals surface area contributed by atoms with Crippen LogP contribution >= 0.6 is 0 Å². The minimum atomic E-state index is -3.65. The van der Waals surface area contributed by atoms with Gasteiger partial charge in [-0.25, -0.2) is 18.1 Å². The van der Waals surface area contributed by atoms with Gasteiger partial charge in [-0.1, -0.05) is 6.07 Å². The molecule has 0 aliphatic carbocycles. The van der Waals surface area contributed by atoms with Gasteiger partial charge in [0.05, 0.1) is 5.69 Å². The molecule has 3 N–H and O–H groups in total. The van der Waals surface area contributed by atoms with Gasteiger partial charge >= 0.3 is 0 Å². The number of nitrogens with two attached hydrogens (primary N) is 1. The molecular formula is C13H19N5O2S. The Kier molecular flexibility index (Phi) is 4.40. The first-order valence-corrected chi connectivity index (χ1v) is 7.97. The molecule has 0 unspecified atom stereocenters. The molecule has 0 amide bonds. The van der Waals surface area contributed by atoms with Gasteiger partial charge in [-0.05, 0) is 25.5 Å². The first-order valence-electron chi connectivity index (χ1n) is 6.49. The van der Waals surface area contributed by atoms with E-state index in [9.17, 15) is 8.42 Å². The van der Waals surface area contributed by atoms with E-state index in [4.69, 9.17) is 5.73 Å². The number of aromatic nitrogens is 3. The van der Waals surface area contributed by atoms with E-state index < -0.39 is 10.0 Å². The molecule has 0 aromatic carbocycles. The lowest BCUT2D eigenvalue weighted by Crippen LogP contribution is -2.24. The lowest BCUT2D eigenvalue weighted by molar-refractivity contribution is 0.577. The number of nitrogens with zero attached hydrogens (tertiary/aromatic N) is 3. The van der Waals surface area contributed by atoms with Gasteiger partial charge in [0, 0.05) is 37.6 Å². The van der Waals surface area contributed by atoms with E-state index in [2.05, 4.69) is 14.8 Å². The standard InChI is InChI=1S/C13H19N5O2S/c1-9-12(10(2)18(3)17-9)8-16-21(19,20)13-5-4-11(6-14)7-15-13/h4-5,7,16H,6,8,14H2,1-3H3. The number of hydrogen-bond acceptors (Lipinski definition) is 5. The molecule has 0 saturated carbocycles. The third kappa shape index (κ3) is 3.29. The molecule has 0 atom stereocenters. The summed E-state index contributed by atoms with van der Waals surface area (Å²) in [5.41, 5.74) is 8.87. The number of rotatable bonds is 5. The molecule has 2 aromatic heterocycles. The molecule has 7 nitrogen and oxygen atoms in total. The van der Waals surface area contributed by atoms with Gasteiger partial charge in [0.1, 0.15) is 0 Å². The SMILES string of the molecule is Cc1nn(C)c(C)c1CNS(=O)(=O)c1ccc(CN)cn1. The highest BCUT2D eigenvalue weighted by atomic mass is 32.2. The number of hydrogen-bond donors (Lipinski definition) is 2. The largest absolute Gasteiger partial charge is 0.326 e. The summed E-state index contributed by atoms with van der Waals surface area (Å²) in [7, 11) is -1.82. The molecule has 2 aromatic rings. The Morgan fingerprint density at radius 3 is 2.52 bits per heavy atom. The molecule has 0 aliphatic rings. The molecule has 0 saturated heterocycles. The summed E-state index contributed by atoms with van der Waals surface area (Å²) in [6, 6.07) is 3.11. The first kappa shape index (κ1) is 15.6. The van der Waals surface area contributed by atoms with Crippen LogP contribution in [0.5, 0.6) is 0 Å². The summed E-state index contributed by atoms with van der Waals surface area (Å²) in [5.74, 6) is 0. The Labute approximate surface area is 124 Å². The summed E-state index contributed by atoms with van der Waals surface area (Å²) >= 11 is 0. The fourth-order valence-electron chi connectivity index (χ4n) is 2.01. The summed E-state index contributed by atoms with van der Waals surface area (Å²) in [6.45, 7) is 4.27. The molecule has 0 spiro atoms. The van der Waals surface area contributed by atoms with Gasteiger partial charge in [0.15, 0.2) is 5.03 Å². The van der Waals surface area contributed by atoms with Crippen LogP contribution in [0.1, 0.15) is 22.5 Å². The topological polar surface area (TPSA) is 103 Å². The van der Waals surface area contributed by atoms with Gasteiger partial charge in [-0.3, -0.25) is 4.68 Å². The molecule has 0 radical (unpaired) electrons. The number of nitrogens with one attached hydrogen (secondary N) is 1. The van der Waals surface area contributed by atoms with Crippen LogP contribution in [0.4, 0.5) is 0 Å². The maximum absolute atomic E-state index is 12.2. The van der Waals surface area contributed by atoms with Crippen molar-refractivity contribution in [2.75, 3.05) is 0 Å². The maximum Gasteiger partial charge on any atom is 0.258 e. The summed E-state index contributed by atoms with van der Waals surface area (Å²) in [4.78, 5) is 3.93. The predicted octanol–water partition coefficient (Wildman–Crippen LogP) is 0.369. The third-order valence-corrected chi connectivity index (χ3v) is 4.72. The van der Waals surface area contributed by atoms with E-state index in [0.717, 1.165) is 22.5 Å². The van der Waals surface area contributed by atoms with E-state index in [1.807, 2.05) is 20.9 Å². The van der Waals surface area contributed by atoms with E-state index in [0.29, 0.717) is 6.54 Å². The third-order valence-electron chi connectivity index (χ3n) is 3.41. The minimum absolute atomic E-state index is 0.0149. The Morgan fingerprint density at radius 2 is 2.05 bits per heavy atom. The average Bonchev–Trinajstić information content (AvgIpc) is 2.70. The molecule has 2 rings (SSSR count). The summed E-state index contributed by atoms with van der Waals surface area (Å²) in [6.07, 6.45) is 1.47. The van der Waals surface area contributed by atoms with E-state index in [-0.39, 0.29) is 11.6 Å². The quantitative estimate of drug-likeness (QED) is 0.830. The molecule has 21 heavy (non-hydrogen) atoms. The van der Waals surface area contributed by atoms with Crippen molar-refractivity contribution < 1.29 is 8.42 Å². The maximum atomic E-state index is 12.2. The zero-order chi connectivity index (χ0) is 15.6. The Morgan fingerprint density at radius 1 is 1.33 bits per heavy atom. The highest BCUT2D eigenvalue weighted by Gasteiger charge is 2.17. The average molecular weight is 309 g/mol. The number of sulfonamides is 1. The van der Waals surface area contributed by atoms with Crippen molar-refractivity contribution in [3.63, 3.8) is 0 Å². The molecule has 8 heteroatoms. The van der Waals surface area contributed by atoms with Crippen molar-refractivity contribution in [3.8, 4) is 0 Å². The summed E-state index contributed by atoms with van der Waals surface area (Å²) in [5, 5.41) is 4.24. The van der Waals surface area contributed by atoms with Crippen LogP contribution in [0.25, 0.3) is 0 Å². The highest BCUT2D eigenvalue weighted by molar-refractivity contribution is 7.89. The van der Waals surface area contributed by atoms with Gasteiger partial charge < -0.3 is 5.73 Å². The highest BCUT2D eigenvalue weighted by Crippen LogP contribution is 2.13. The molecule has 0 aliphatic heterocycles. The van der Waals surface area contributed by atoms with Crippen molar-refractivity contribution >= 4 is 10.0 Å². The van der Waals surface area contributed by atoms with E-state index in [1.165, 1.54) is 12.3 Å². The van der Waals surface area contributed by atoms with Crippen molar-refractivity contribution in [2.24, 2.45) is 12.8 Å². The van der Waals surface area contributed by atoms with Crippen LogP contribution in [-0.2, 0) is 30.2 Å². The van der Waals surface area contributed by atoms with Crippen LogP contribution in [0.15, 0.2) is 23.4 Å². The van der Waals surface area contributed by atoms with Crippen molar-refractivity contribution in [3.05, 3.63) is 40.8 Å². The molecule has 2 heterocycles. The van der Waals surface area contributed by atoms with Crippen molar-refractivity contribution in [1.29, 1.82) is 0 Å². The van der Waals surface area contributed by atoms with Crippen molar-refractivity contribution in [1.82, 2.24) is 19.5 Å². The van der Waals surface area contributed by atoms with E-state index in [1.54, 1.807) is 10.7 Å². The zero-order valence-electron chi connectivity index (χ0n) is 12.3. The monoisotopic (exact) mass is 309 g/mol. The second-order valence-corrected chi connectivity index (χ2v) is 6.52. The second-order valence-electron chi connectivity index (χ2n) is 4.81. The van der Waals surface area contributed by atoms with Crippen LogP contribution in [0.2, 0.25) is 0 Å². The van der Waals surface area contributed by atoms with Crippen molar-refractivity contribution in [2.45, 2.75) is 32.0 Å². The Bertz CT molecular complexity index is 735. The Hall–Kier alpha value is -1.77. The molecule has 0 fully saturated rings. The van der Waals surface area contributed by atoms with Crippen LogP contribution in [-0.4, -0.2) is 23.2 Å². The fourth-order valence-corrected chi connectivity index (χ4v) is 2.93. The van der Waals surface area contributed by atoms with Gasteiger partial charge in [0.2, 0.25) is 0 Å². The van der Waals surface area contributed by atoms with Crippen LogP contribution in [0, 0.1) is 13.8 Å². The molecular weight excluding hydrogens is 290 g/mol. The second kappa shape index (κ2) is 5.92. The van der Waals surface area contributed by atoms with Gasteiger partial charge in [-0.2, -0.15) is 5.10 Å². The van der Waals surface area contributed by atoms with Crippen LogP contribution in [0.3, 0.4) is 0 Å².